The molecule has 0 aromatic rings. The lowest BCUT2D eigenvalue weighted by atomic mass is 10.2. The van der Waals surface area contributed by atoms with E-state index in [2.05, 4.69) is 0 Å². The van der Waals surface area contributed by atoms with Crippen LogP contribution in [0.3, 0.4) is 0 Å². The summed E-state index contributed by atoms with van der Waals surface area (Å²) in [5, 5.41) is 24.4. The van der Waals surface area contributed by atoms with Crippen molar-refractivity contribution < 1.29 is 20.1 Å². The predicted molar refractivity (Wildman–Crippen MR) is 44.8 cm³/mol. The summed E-state index contributed by atoms with van der Waals surface area (Å²) >= 11 is 0. The number of aliphatic hydroxyl groups is 3. The van der Waals surface area contributed by atoms with Gasteiger partial charge in [-0.3, -0.25) is 0 Å². The Morgan fingerprint density at radius 3 is 2.25 bits per heavy atom. The molecule has 0 spiro atoms. The third kappa shape index (κ3) is 6.54. The highest BCUT2D eigenvalue weighted by Crippen LogP contribution is 2.09. The third-order valence-electron chi connectivity index (χ3n) is 1.49. The summed E-state index contributed by atoms with van der Waals surface area (Å²) in [6, 6.07) is 0. The topological polar surface area (TPSA) is 69.9 Å². The summed E-state index contributed by atoms with van der Waals surface area (Å²) < 4.78 is 5.05. The Labute approximate surface area is 72.8 Å². The molecule has 1 aliphatic heterocycles. The van der Waals surface area contributed by atoms with Crippen molar-refractivity contribution in [3.8, 4) is 0 Å². The van der Waals surface area contributed by atoms with E-state index in [-0.39, 0.29) is 19.3 Å². The van der Waals surface area contributed by atoms with Crippen molar-refractivity contribution in [1.82, 2.24) is 0 Å². The zero-order chi connectivity index (χ0) is 9.40. The molecular formula is C8H18O4. The monoisotopic (exact) mass is 178 g/mol. The predicted octanol–water partition coefficient (Wildman–Crippen LogP) is -0.483. The minimum absolute atomic E-state index is 0.139. The maximum Gasteiger partial charge on any atom is 0.0806 e. The van der Waals surface area contributed by atoms with Gasteiger partial charge >= 0.3 is 0 Å². The Hall–Kier alpha value is -0.160. The van der Waals surface area contributed by atoms with Gasteiger partial charge in [0.25, 0.3) is 0 Å². The van der Waals surface area contributed by atoms with Crippen LogP contribution in [-0.2, 0) is 4.74 Å². The van der Waals surface area contributed by atoms with Gasteiger partial charge in [0, 0.05) is 6.61 Å². The van der Waals surface area contributed by atoms with Crippen LogP contribution in [0.25, 0.3) is 0 Å². The van der Waals surface area contributed by atoms with E-state index in [0.29, 0.717) is 0 Å². The standard InChI is InChI=1S/C5H10O2.C3H8O2/c6-4-5-2-1-3-7-5;1-3(5)2-4/h5-6H,1-4H2;3-5H,2H2,1H3. The lowest BCUT2D eigenvalue weighted by Gasteiger charge is -2.00. The molecular weight excluding hydrogens is 160 g/mol. The number of ether oxygens (including phenoxy) is 1. The van der Waals surface area contributed by atoms with E-state index < -0.39 is 6.10 Å². The summed E-state index contributed by atoms with van der Waals surface area (Å²) in [6.45, 7) is 2.42. The molecule has 1 rings (SSSR count). The summed E-state index contributed by atoms with van der Waals surface area (Å²) in [4.78, 5) is 0. The van der Waals surface area contributed by atoms with E-state index >= 15 is 0 Å². The van der Waals surface area contributed by atoms with Crippen molar-refractivity contribution in [3.05, 3.63) is 0 Å². The van der Waals surface area contributed by atoms with Crippen molar-refractivity contribution in [1.29, 1.82) is 0 Å². The SMILES string of the molecule is CC(O)CO.OCC1CCCO1. The van der Waals surface area contributed by atoms with Crippen LogP contribution >= 0.6 is 0 Å². The molecule has 1 aliphatic rings. The molecule has 2 atom stereocenters. The first-order valence-corrected chi connectivity index (χ1v) is 4.22. The molecule has 74 valence electrons. The number of aliphatic hydroxyl groups excluding tert-OH is 3. The van der Waals surface area contributed by atoms with Gasteiger partial charge in [0.2, 0.25) is 0 Å². The molecule has 1 fully saturated rings. The van der Waals surface area contributed by atoms with Gasteiger partial charge in [-0.1, -0.05) is 0 Å². The van der Waals surface area contributed by atoms with E-state index in [0.717, 1.165) is 19.4 Å². The van der Waals surface area contributed by atoms with Crippen molar-refractivity contribution in [2.24, 2.45) is 0 Å². The maximum atomic E-state index is 8.44. The molecule has 0 aromatic heterocycles. The Morgan fingerprint density at radius 1 is 1.50 bits per heavy atom. The van der Waals surface area contributed by atoms with Gasteiger partial charge in [-0.05, 0) is 19.8 Å². The van der Waals surface area contributed by atoms with E-state index in [4.69, 9.17) is 20.1 Å². The zero-order valence-electron chi connectivity index (χ0n) is 7.44. The van der Waals surface area contributed by atoms with Crippen molar-refractivity contribution in [2.75, 3.05) is 19.8 Å². The molecule has 4 nitrogen and oxygen atoms in total. The molecule has 0 bridgehead atoms. The van der Waals surface area contributed by atoms with Gasteiger partial charge in [0.15, 0.2) is 0 Å². The lowest BCUT2D eigenvalue weighted by Crippen LogP contribution is -2.09. The minimum Gasteiger partial charge on any atom is -0.394 e. The fourth-order valence-electron chi connectivity index (χ4n) is 0.788. The second-order valence-electron chi connectivity index (χ2n) is 2.85. The molecule has 4 heteroatoms. The van der Waals surface area contributed by atoms with Gasteiger partial charge in [0.05, 0.1) is 25.4 Å². The van der Waals surface area contributed by atoms with Crippen LogP contribution in [-0.4, -0.2) is 47.3 Å². The van der Waals surface area contributed by atoms with E-state index in [1.165, 1.54) is 6.92 Å². The average Bonchev–Trinajstić information content (AvgIpc) is 2.57. The molecule has 12 heavy (non-hydrogen) atoms. The van der Waals surface area contributed by atoms with Gasteiger partial charge in [-0.25, -0.2) is 0 Å². The minimum atomic E-state index is -0.560. The first-order valence-electron chi connectivity index (χ1n) is 4.22. The quantitative estimate of drug-likeness (QED) is 0.534. The maximum absolute atomic E-state index is 8.44. The Bertz CT molecular complexity index is 89.1. The number of hydrogen-bond donors (Lipinski definition) is 3. The Kier molecular flexibility index (Phi) is 7.39. The fourth-order valence-corrected chi connectivity index (χ4v) is 0.788. The zero-order valence-corrected chi connectivity index (χ0v) is 7.44. The van der Waals surface area contributed by atoms with Crippen molar-refractivity contribution in [3.63, 3.8) is 0 Å². The molecule has 2 unspecified atom stereocenters. The van der Waals surface area contributed by atoms with Crippen LogP contribution < -0.4 is 0 Å². The summed E-state index contributed by atoms with van der Waals surface area (Å²) in [5.41, 5.74) is 0. The summed E-state index contributed by atoms with van der Waals surface area (Å²) in [5.74, 6) is 0. The molecule has 0 radical (unpaired) electrons. The average molecular weight is 178 g/mol. The molecule has 0 aromatic carbocycles. The smallest absolute Gasteiger partial charge is 0.0806 e. The number of hydrogen-bond acceptors (Lipinski definition) is 4. The fraction of sp³-hybridized carbons (Fsp3) is 1.00. The molecule has 3 N–H and O–H groups in total. The van der Waals surface area contributed by atoms with Crippen molar-refractivity contribution >= 4 is 0 Å². The van der Waals surface area contributed by atoms with Gasteiger partial charge < -0.3 is 20.1 Å². The van der Waals surface area contributed by atoms with Crippen LogP contribution in [0.2, 0.25) is 0 Å². The molecule has 0 amide bonds. The summed E-state index contributed by atoms with van der Waals surface area (Å²) in [6.07, 6.45) is 1.75. The lowest BCUT2D eigenvalue weighted by molar-refractivity contribution is 0.0591. The van der Waals surface area contributed by atoms with Crippen LogP contribution in [0, 0.1) is 0 Å². The van der Waals surface area contributed by atoms with Crippen LogP contribution in [0.15, 0.2) is 0 Å². The highest BCUT2D eigenvalue weighted by Gasteiger charge is 2.12. The highest BCUT2D eigenvalue weighted by molar-refractivity contribution is 4.61. The third-order valence-corrected chi connectivity index (χ3v) is 1.49. The van der Waals surface area contributed by atoms with E-state index in [9.17, 15) is 0 Å². The Morgan fingerprint density at radius 2 is 2.08 bits per heavy atom. The van der Waals surface area contributed by atoms with Crippen molar-refractivity contribution in [2.45, 2.75) is 32.0 Å². The summed E-state index contributed by atoms with van der Waals surface area (Å²) in [7, 11) is 0. The highest BCUT2D eigenvalue weighted by atomic mass is 16.5. The first-order chi connectivity index (χ1) is 5.70. The van der Waals surface area contributed by atoms with Crippen LogP contribution in [0.5, 0.6) is 0 Å². The normalized spacial score (nSPS) is 24.5. The van der Waals surface area contributed by atoms with Gasteiger partial charge in [0.1, 0.15) is 0 Å². The van der Waals surface area contributed by atoms with E-state index in [1.54, 1.807) is 0 Å². The van der Waals surface area contributed by atoms with E-state index in [1.807, 2.05) is 0 Å². The molecule has 1 saturated heterocycles. The molecule has 0 aliphatic carbocycles. The second-order valence-corrected chi connectivity index (χ2v) is 2.85. The molecule has 0 saturated carbocycles. The van der Waals surface area contributed by atoms with Gasteiger partial charge in [-0.2, -0.15) is 0 Å². The van der Waals surface area contributed by atoms with Gasteiger partial charge in [-0.15, -0.1) is 0 Å². The van der Waals surface area contributed by atoms with Crippen LogP contribution in [0.1, 0.15) is 19.8 Å². The second kappa shape index (κ2) is 7.49. The first kappa shape index (κ1) is 11.8. The number of rotatable bonds is 2. The van der Waals surface area contributed by atoms with Crippen LogP contribution in [0.4, 0.5) is 0 Å². The Balaban J connectivity index is 0.000000217. The largest absolute Gasteiger partial charge is 0.394 e. The molecule has 1 heterocycles.